The summed E-state index contributed by atoms with van der Waals surface area (Å²) in [4.78, 5) is 10.3. The first-order valence-electron chi connectivity index (χ1n) is 5.61. The average Bonchev–Trinajstić information content (AvgIpc) is 2.36. The third-order valence-corrected chi connectivity index (χ3v) is 3.79. The second-order valence-corrected chi connectivity index (χ2v) is 5.87. The summed E-state index contributed by atoms with van der Waals surface area (Å²) in [6.07, 6.45) is -0.0875. The molecule has 1 aromatic rings. The van der Waals surface area contributed by atoms with Crippen molar-refractivity contribution in [3.8, 4) is 6.07 Å². The van der Waals surface area contributed by atoms with Gasteiger partial charge in [-0.15, -0.1) is 0 Å². The molecule has 0 amide bonds. The predicted molar refractivity (Wildman–Crippen MR) is 68.7 cm³/mol. The summed E-state index contributed by atoms with van der Waals surface area (Å²) in [5.74, 6) is -1.22. The van der Waals surface area contributed by atoms with Crippen LogP contribution in [0, 0.1) is 11.3 Å². The molecule has 0 saturated heterocycles. The summed E-state index contributed by atoms with van der Waals surface area (Å²) in [5, 5.41) is 17.0. The molecule has 7 heteroatoms. The molecular weight excluding hydrogens is 268 g/mol. The lowest BCUT2D eigenvalue weighted by molar-refractivity contribution is -0.137. The Morgan fingerprint density at radius 2 is 1.95 bits per heavy atom. The van der Waals surface area contributed by atoms with Crippen molar-refractivity contribution >= 4 is 16.0 Å². The lowest BCUT2D eigenvalue weighted by atomic mass is 10.1. The van der Waals surface area contributed by atoms with Crippen LogP contribution in [0.25, 0.3) is 0 Å². The Kier molecular flexibility index (Phi) is 5.48. The smallest absolute Gasteiger partial charge is 0.303 e. The summed E-state index contributed by atoms with van der Waals surface area (Å²) in [6, 6.07) is 8.51. The van der Waals surface area contributed by atoms with E-state index in [2.05, 4.69) is 4.72 Å². The summed E-state index contributed by atoms with van der Waals surface area (Å²) < 4.78 is 25.5. The van der Waals surface area contributed by atoms with Gasteiger partial charge in [0.2, 0.25) is 10.0 Å². The number of aliphatic carboxylic acids is 1. The van der Waals surface area contributed by atoms with Gasteiger partial charge in [0.05, 0.1) is 17.4 Å². The first-order chi connectivity index (χ1) is 8.93. The summed E-state index contributed by atoms with van der Waals surface area (Å²) in [5.41, 5.74) is 1.24. The Bertz CT molecular complexity index is 573. The Morgan fingerprint density at radius 3 is 2.47 bits per heavy atom. The van der Waals surface area contributed by atoms with Gasteiger partial charge in [0.25, 0.3) is 0 Å². The van der Waals surface area contributed by atoms with Gasteiger partial charge in [-0.2, -0.15) is 5.26 Å². The van der Waals surface area contributed by atoms with E-state index in [0.29, 0.717) is 5.56 Å². The van der Waals surface area contributed by atoms with E-state index in [1.807, 2.05) is 6.07 Å². The van der Waals surface area contributed by atoms with Crippen molar-refractivity contribution in [1.82, 2.24) is 4.72 Å². The average molecular weight is 282 g/mol. The van der Waals surface area contributed by atoms with Gasteiger partial charge in [0.15, 0.2) is 0 Å². The zero-order valence-electron chi connectivity index (χ0n) is 10.2. The molecule has 1 rings (SSSR count). The molecule has 0 bridgehead atoms. The number of carboxylic acids is 1. The highest BCUT2D eigenvalue weighted by Gasteiger charge is 2.10. The minimum atomic E-state index is -3.47. The number of benzene rings is 1. The highest BCUT2D eigenvalue weighted by atomic mass is 32.2. The van der Waals surface area contributed by atoms with E-state index < -0.39 is 16.0 Å². The van der Waals surface area contributed by atoms with Gasteiger partial charge in [-0.3, -0.25) is 4.79 Å². The Labute approximate surface area is 111 Å². The van der Waals surface area contributed by atoms with Crippen molar-refractivity contribution in [3.63, 3.8) is 0 Å². The monoisotopic (exact) mass is 282 g/mol. The van der Waals surface area contributed by atoms with Crippen LogP contribution in [0.4, 0.5) is 0 Å². The van der Waals surface area contributed by atoms with Crippen LogP contribution in [-0.2, 0) is 21.4 Å². The molecule has 2 N–H and O–H groups in total. The van der Waals surface area contributed by atoms with Crippen molar-refractivity contribution in [2.24, 2.45) is 0 Å². The van der Waals surface area contributed by atoms with Crippen LogP contribution < -0.4 is 4.72 Å². The van der Waals surface area contributed by atoms with Gasteiger partial charge in [-0.1, -0.05) is 12.1 Å². The topological polar surface area (TPSA) is 107 Å². The molecule has 0 unspecified atom stereocenters. The first-order valence-corrected chi connectivity index (χ1v) is 7.26. The Morgan fingerprint density at radius 1 is 1.32 bits per heavy atom. The normalized spacial score (nSPS) is 10.9. The molecule has 0 fully saturated rings. The molecule has 102 valence electrons. The summed E-state index contributed by atoms with van der Waals surface area (Å²) in [7, 11) is -3.47. The fourth-order valence-electron chi connectivity index (χ4n) is 1.38. The zero-order chi connectivity index (χ0) is 14.3. The largest absolute Gasteiger partial charge is 0.481 e. The molecule has 0 saturated carbocycles. The third-order valence-electron chi connectivity index (χ3n) is 2.38. The second kappa shape index (κ2) is 6.87. The number of nitrogens with zero attached hydrogens (tertiary/aromatic N) is 1. The Balaban J connectivity index is 2.46. The predicted octanol–water partition coefficient (Wildman–Crippen LogP) is 0.842. The molecule has 6 nitrogen and oxygen atoms in total. The molecule has 0 radical (unpaired) electrons. The minimum Gasteiger partial charge on any atom is -0.481 e. The van der Waals surface area contributed by atoms with E-state index in [1.165, 1.54) is 0 Å². The van der Waals surface area contributed by atoms with Gasteiger partial charge < -0.3 is 5.11 Å². The molecule has 0 spiro atoms. The molecule has 0 aliphatic rings. The molecule has 0 aliphatic heterocycles. The lowest BCUT2D eigenvalue weighted by Gasteiger charge is -2.06. The zero-order valence-corrected chi connectivity index (χ0v) is 11.0. The molecule has 0 aromatic heterocycles. The number of hydrogen-bond acceptors (Lipinski definition) is 4. The molecule has 0 heterocycles. The third kappa shape index (κ3) is 5.99. The van der Waals surface area contributed by atoms with Gasteiger partial charge in [-0.25, -0.2) is 13.1 Å². The minimum absolute atomic E-state index is 0.0814. The van der Waals surface area contributed by atoms with E-state index in [4.69, 9.17) is 10.4 Å². The van der Waals surface area contributed by atoms with Crippen LogP contribution in [0.2, 0.25) is 0 Å². The number of nitriles is 1. The van der Waals surface area contributed by atoms with E-state index in [-0.39, 0.29) is 25.1 Å². The van der Waals surface area contributed by atoms with Crippen LogP contribution in [0.3, 0.4) is 0 Å². The van der Waals surface area contributed by atoms with Crippen molar-refractivity contribution in [1.29, 1.82) is 5.26 Å². The maximum atomic E-state index is 11.6. The number of sulfonamides is 1. The molecular formula is C12H14N2O4S. The van der Waals surface area contributed by atoms with Crippen molar-refractivity contribution < 1.29 is 18.3 Å². The summed E-state index contributed by atoms with van der Waals surface area (Å²) >= 11 is 0. The van der Waals surface area contributed by atoms with Gasteiger partial charge >= 0.3 is 5.97 Å². The fourth-order valence-corrected chi connectivity index (χ4v) is 2.43. The Hall–Kier alpha value is -1.91. The fraction of sp³-hybridized carbons (Fsp3) is 0.333. The van der Waals surface area contributed by atoms with Crippen LogP contribution >= 0.6 is 0 Å². The van der Waals surface area contributed by atoms with Crippen molar-refractivity contribution in [2.45, 2.75) is 19.4 Å². The first kappa shape index (κ1) is 15.1. The highest BCUT2D eigenvalue weighted by molar-refractivity contribution is 7.89. The quantitative estimate of drug-likeness (QED) is 0.770. The number of nitrogens with one attached hydrogen (secondary N) is 1. The van der Waals surface area contributed by atoms with Crippen LogP contribution in [-0.4, -0.2) is 25.2 Å². The van der Waals surface area contributed by atoms with Gasteiger partial charge in [0, 0.05) is 13.0 Å². The molecule has 0 atom stereocenters. The maximum Gasteiger partial charge on any atom is 0.303 e. The SMILES string of the molecule is N#Cc1ccc(CNS(=O)(=O)CCCC(=O)O)cc1. The number of carbonyl (C=O) groups is 1. The molecule has 19 heavy (non-hydrogen) atoms. The van der Waals surface area contributed by atoms with E-state index >= 15 is 0 Å². The lowest BCUT2D eigenvalue weighted by Crippen LogP contribution is -2.26. The maximum absolute atomic E-state index is 11.6. The van der Waals surface area contributed by atoms with Gasteiger partial charge in [-0.05, 0) is 24.1 Å². The van der Waals surface area contributed by atoms with E-state index in [1.54, 1.807) is 24.3 Å². The van der Waals surface area contributed by atoms with Crippen LogP contribution in [0.15, 0.2) is 24.3 Å². The number of rotatable bonds is 7. The van der Waals surface area contributed by atoms with Gasteiger partial charge in [0.1, 0.15) is 0 Å². The van der Waals surface area contributed by atoms with E-state index in [0.717, 1.165) is 5.56 Å². The molecule has 0 aliphatic carbocycles. The van der Waals surface area contributed by atoms with Crippen LogP contribution in [0.5, 0.6) is 0 Å². The van der Waals surface area contributed by atoms with Crippen molar-refractivity contribution in [3.05, 3.63) is 35.4 Å². The highest BCUT2D eigenvalue weighted by Crippen LogP contribution is 2.04. The van der Waals surface area contributed by atoms with Crippen LogP contribution in [0.1, 0.15) is 24.0 Å². The number of hydrogen-bond donors (Lipinski definition) is 2. The second-order valence-electron chi connectivity index (χ2n) is 3.95. The standard InChI is InChI=1S/C12H14N2O4S/c13-8-10-3-5-11(6-4-10)9-14-19(17,18)7-1-2-12(15)16/h3-6,14H,1-2,7,9H2,(H,15,16). The summed E-state index contributed by atoms with van der Waals surface area (Å²) in [6.45, 7) is 0.126. The van der Waals surface area contributed by atoms with Crippen molar-refractivity contribution in [2.75, 3.05) is 5.75 Å². The van der Waals surface area contributed by atoms with E-state index in [9.17, 15) is 13.2 Å². The number of carboxylic acid groups (broad SMARTS) is 1. The molecule has 1 aromatic carbocycles.